The molecule has 7 aliphatic rings. The molecule has 570 valence electrons. The van der Waals surface area contributed by atoms with Crippen LogP contribution in [0.15, 0.2) is 164 Å². The van der Waals surface area contributed by atoms with Gasteiger partial charge in [0.15, 0.2) is 17.5 Å². The summed E-state index contributed by atoms with van der Waals surface area (Å²) in [7, 11) is 0. The van der Waals surface area contributed by atoms with E-state index in [1.54, 1.807) is 84.2 Å². The third-order valence-electron chi connectivity index (χ3n) is 21.3. The summed E-state index contributed by atoms with van der Waals surface area (Å²) in [5.74, 6) is 5.63. The number of amides is 2. The molecule has 0 bridgehead atoms. The molecule has 6 aromatic carbocycles. The third-order valence-corrected chi connectivity index (χ3v) is 21.3. The van der Waals surface area contributed by atoms with Crippen molar-refractivity contribution in [2.45, 2.75) is 106 Å². The number of aliphatic hydroxyl groups excluding tert-OH is 1. The highest BCUT2D eigenvalue weighted by molar-refractivity contribution is 5.93. The number of carbonyl (C=O) groups is 2. The summed E-state index contributed by atoms with van der Waals surface area (Å²) in [5, 5.41) is 48.2. The molecule has 0 unspecified atom stereocenters. The van der Waals surface area contributed by atoms with Crippen molar-refractivity contribution in [2.24, 2.45) is 5.73 Å². The average Bonchev–Trinajstić information content (AvgIpc) is 0.866. The van der Waals surface area contributed by atoms with Crippen LogP contribution in [0, 0.1) is 34.0 Å². The highest BCUT2D eigenvalue weighted by Gasteiger charge is 2.33. The molecular formula is C85H90N16O10. The molecule has 7 aliphatic heterocycles. The Balaban J connectivity index is 0.000000140. The van der Waals surface area contributed by atoms with Gasteiger partial charge in [0.25, 0.3) is 0 Å². The second-order valence-electron chi connectivity index (χ2n) is 28.5. The number of ether oxygens (including phenoxy) is 7. The van der Waals surface area contributed by atoms with E-state index in [1.807, 2.05) is 36.4 Å². The predicted octanol–water partition coefficient (Wildman–Crippen LogP) is 12.0. The van der Waals surface area contributed by atoms with Crippen LogP contribution in [0.4, 0.5) is 34.5 Å². The van der Waals surface area contributed by atoms with Crippen molar-refractivity contribution >= 4 is 46.3 Å². The lowest BCUT2D eigenvalue weighted by Crippen LogP contribution is -2.51. The summed E-state index contributed by atoms with van der Waals surface area (Å²) in [5.41, 5.74) is 14.7. The van der Waals surface area contributed by atoms with E-state index in [0.29, 0.717) is 156 Å². The number of primary amides is 1. The van der Waals surface area contributed by atoms with Crippen LogP contribution in [0.25, 0.3) is 34.2 Å². The molecule has 0 saturated carbocycles. The van der Waals surface area contributed by atoms with Crippen LogP contribution < -0.4 is 35.9 Å². The molecule has 3 aromatic heterocycles. The number of nitrogens with one attached hydrogen (secondary N) is 3. The van der Waals surface area contributed by atoms with Gasteiger partial charge in [-0.2, -0.15) is 15.8 Å². The van der Waals surface area contributed by atoms with E-state index >= 15 is 0 Å². The molecular weight excluding hydrogens is 1410 g/mol. The SMILES string of the molecule is N#Cc1cc(-c2nccc(Nc3ccc(C(N)=O)cc3)n2)ccc1OC1CCOCC1.N#Cc1cc(-c2nccc(Nc3ccc(C4CCN(C5COC5)CC4)cc3)n2)ccc1OC1CCN(C(=O)CO)CC1.N#Cc1cc(-c2nccc(Nc3ccc(C4CCN(C5COC5)CC4)cc3)n2)ccc1OC1CCOCC1. The fourth-order valence-electron chi connectivity index (χ4n) is 14.6. The molecule has 0 aliphatic carbocycles. The standard InChI is InChI=1S/C32H36N6O4.C30H33N5O3.C23H21N5O3/c33-18-25-17-24(3-6-29(25)42-28-10-15-38(16-11-28)31(40)19-39)32-34-12-7-30(36-32)35-26-4-1-22(2-5-26)23-8-13-37(14-9-23)27-20-41-21-27;31-18-24-17-23(3-6-28(24)38-27-10-15-36-16-11-27)30-32-12-7-29(34-30)33-25-4-1-21(2-5-25)22-8-13-35(14-9-22)26-19-37-20-26;24-14-17-13-16(3-6-20(17)31-19-8-11-30-12-9-19)23-26-10-7-21(28-23)27-18-4-1-15(2-5-18)22(25)29/h1-7,12,17,23,27-28,39H,8-11,13-16,19-21H2,(H,34,35,36);1-7,12,17,22,26-27H,8-11,13-16,19-20H2,(H,32,33,34);1-7,10,13,19H,8-9,11-12H2,(H2,25,29)(H,26,27,28). The van der Waals surface area contributed by atoms with Gasteiger partial charge in [0.2, 0.25) is 11.8 Å². The normalized spacial score (nSPS) is 17.6. The van der Waals surface area contributed by atoms with E-state index in [-0.39, 0.29) is 24.2 Å². The summed E-state index contributed by atoms with van der Waals surface area (Å²) in [6.07, 6.45) is 14.4. The lowest BCUT2D eigenvalue weighted by molar-refractivity contribution is -0.135. The van der Waals surface area contributed by atoms with Gasteiger partial charge in [-0.15, -0.1) is 0 Å². The number of hydrogen-bond acceptors (Lipinski definition) is 24. The Morgan fingerprint density at radius 2 is 0.784 bits per heavy atom. The van der Waals surface area contributed by atoms with Gasteiger partial charge in [0, 0.05) is 110 Å². The zero-order valence-electron chi connectivity index (χ0n) is 61.9. The second kappa shape index (κ2) is 37.3. The molecule has 0 spiro atoms. The van der Waals surface area contributed by atoms with Gasteiger partial charge in [-0.3, -0.25) is 19.4 Å². The number of nitrogens with zero attached hydrogens (tertiary/aromatic N) is 12. The summed E-state index contributed by atoms with van der Waals surface area (Å²) < 4.78 is 39.7. The first-order valence-electron chi connectivity index (χ1n) is 38.2. The number of rotatable bonds is 21. The van der Waals surface area contributed by atoms with E-state index in [2.05, 4.69) is 112 Å². The molecule has 16 rings (SSSR count). The van der Waals surface area contributed by atoms with E-state index in [9.17, 15) is 25.4 Å². The largest absolute Gasteiger partial charge is 0.489 e. The zero-order chi connectivity index (χ0) is 76.3. The van der Waals surface area contributed by atoms with Gasteiger partial charge in [-0.25, -0.2) is 29.9 Å². The van der Waals surface area contributed by atoms with Crippen molar-refractivity contribution in [3.63, 3.8) is 0 Å². The Labute approximate surface area is 645 Å². The topological polar surface area (TPSA) is 340 Å². The molecule has 9 aromatic rings. The monoisotopic (exact) mass is 1490 g/mol. The molecule has 7 fully saturated rings. The molecule has 0 atom stereocenters. The van der Waals surface area contributed by atoms with E-state index in [1.165, 1.54) is 36.8 Å². The quantitative estimate of drug-likeness (QED) is 0.0446. The molecule has 26 heteroatoms. The maximum Gasteiger partial charge on any atom is 0.248 e. The number of hydrogen-bond donors (Lipinski definition) is 5. The van der Waals surface area contributed by atoms with Crippen LogP contribution in [-0.2, 0) is 23.7 Å². The van der Waals surface area contributed by atoms with E-state index in [0.717, 1.165) is 106 Å². The fourth-order valence-corrected chi connectivity index (χ4v) is 14.6. The number of nitriles is 3. The minimum Gasteiger partial charge on any atom is -0.489 e. The Hall–Kier alpha value is -11.5. The van der Waals surface area contributed by atoms with Crippen molar-refractivity contribution in [2.75, 3.05) is 115 Å². The van der Waals surface area contributed by atoms with Crippen LogP contribution in [0.2, 0.25) is 0 Å². The van der Waals surface area contributed by atoms with Crippen molar-refractivity contribution < 1.29 is 47.9 Å². The molecule has 7 saturated heterocycles. The Kier molecular flexibility index (Phi) is 25.6. The summed E-state index contributed by atoms with van der Waals surface area (Å²) in [6, 6.07) is 53.8. The highest BCUT2D eigenvalue weighted by atomic mass is 16.5. The average molecular weight is 1500 g/mol. The zero-order valence-corrected chi connectivity index (χ0v) is 61.9. The number of aromatic nitrogens is 6. The smallest absolute Gasteiger partial charge is 0.248 e. The maximum absolute atomic E-state index is 11.7. The Morgan fingerprint density at radius 3 is 1.10 bits per heavy atom. The van der Waals surface area contributed by atoms with Crippen molar-refractivity contribution in [3.05, 3.63) is 198 Å². The summed E-state index contributed by atoms with van der Waals surface area (Å²) in [4.78, 5) is 56.8. The molecule has 111 heavy (non-hydrogen) atoms. The first-order chi connectivity index (χ1) is 54.5. The Bertz CT molecular complexity index is 4760. The lowest BCUT2D eigenvalue weighted by Gasteiger charge is -2.41. The number of nitrogens with two attached hydrogens (primary N) is 1. The van der Waals surface area contributed by atoms with Gasteiger partial charge in [0.05, 0.1) is 81.6 Å². The molecule has 0 radical (unpaired) electrons. The summed E-state index contributed by atoms with van der Waals surface area (Å²) in [6.45, 7) is 11.4. The fraction of sp³-hybridized carbons (Fsp3) is 0.376. The number of piperidine rings is 3. The lowest BCUT2D eigenvalue weighted by atomic mass is 9.88. The van der Waals surface area contributed by atoms with Crippen LogP contribution in [0.5, 0.6) is 17.2 Å². The van der Waals surface area contributed by atoms with Crippen molar-refractivity contribution in [1.82, 2.24) is 44.6 Å². The van der Waals surface area contributed by atoms with Crippen molar-refractivity contribution in [1.29, 1.82) is 15.8 Å². The minimum absolute atomic E-state index is 0.0523. The van der Waals surface area contributed by atoms with Gasteiger partial charge in [-0.1, -0.05) is 24.3 Å². The summed E-state index contributed by atoms with van der Waals surface area (Å²) >= 11 is 0. The maximum atomic E-state index is 11.7. The molecule has 26 nitrogen and oxygen atoms in total. The number of likely N-dealkylation sites (tertiary alicyclic amines) is 3. The van der Waals surface area contributed by atoms with Gasteiger partial charge < -0.3 is 64.8 Å². The van der Waals surface area contributed by atoms with E-state index in [4.69, 9.17) is 54.0 Å². The van der Waals surface area contributed by atoms with E-state index < -0.39 is 12.5 Å². The first kappa shape index (κ1) is 76.3. The van der Waals surface area contributed by atoms with Gasteiger partial charge >= 0.3 is 0 Å². The van der Waals surface area contributed by atoms with Crippen LogP contribution in [0.1, 0.15) is 114 Å². The minimum atomic E-state index is -0.479. The first-order valence-corrected chi connectivity index (χ1v) is 38.2. The molecule has 6 N–H and O–H groups in total. The van der Waals surface area contributed by atoms with Crippen LogP contribution in [-0.4, -0.2) is 191 Å². The number of anilines is 6. The Morgan fingerprint density at radius 1 is 0.441 bits per heavy atom. The van der Waals surface area contributed by atoms with Gasteiger partial charge in [0.1, 0.15) is 77.8 Å². The highest BCUT2D eigenvalue weighted by Crippen LogP contribution is 2.36. The number of aliphatic hydroxyl groups is 1. The van der Waals surface area contributed by atoms with Crippen LogP contribution >= 0.6 is 0 Å². The second-order valence-corrected chi connectivity index (χ2v) is 28.5. The van der Waals surface area contributed by atoms with Crippen molar-refractivity contribution in [3.8, 4) is 69.6 Å². The van der Waals surface area contributed by atoms with Gasteiger partial charge in [-0.05, 0) is 196 Å². The third kappa shape index (κ3) is 20.1. The van der Waals surface area contributed by atoms with Crippen LogP contribution in [0.3, 0.4) is 0 Å². The molecule has 2 amide bonds. The number of carbonyl (C=O) groups excluding carboxylic acids is 2. The number of benzene rings is 6. The predicted molar refractivity (Wildman–Crippen MR) is 417 cm³/mol. The molecule has 10 heterocycles.